The van der Waals surface area contributed by atoms with Gasteiger partial charge in [-0.25, -0.2) is 0 Å². The number of rotatable bonds is 3. The van der Waals surface area contributed by atoms with E-state index in [4.69, 9.17) is 9.97 Å². The molecule has 0 unspecified atom stereocenters. The summed E-state index contributed by atoms with van der Waals surface area (Å²) in [5, 5.41) is 12.5. The molecule has 10 aromatic rings. The molecule has 0 atom stereocenters. The number of fused-ring (bicyclic) bond motifs is 9. The Balaban J connectivity index is 1.27. The molecule has 0 spiro atoms. The fraction of sp³-hybridized carbons (Fsp3) is 0. The molecule has 0 N–H and O–H groups in total. The Morgan fingerprint density at radius 1 is 0.300 bits per heavy atom. The second-order valence-corrected chi connectivity index (χ2v) is 13.3. The fourth-order valence-corrected chi connectivity index (χ4v) is 8.44. The van der Waals surface area contributed by atoms with Gasteiger partial charge in [0, 0.05) is 23.5 Å². The number of benzene rings is 8. The second-order valence-electron chi connectivity index (χ2n) is 13.3. The van der Waals surface area contributed by atoms with Gasteiger partial charge in [0.05, 0.1) is 11.4 Å². The average molecular weight is 633 g/mol. The van der Waals surface area contributed by atoms with Crippen LogP contribution >= 0.6 is 0 Å². The molecular formula is C48H28N2. The van der Waals surface area contributed by atoms with E-state index in [1.54, 1.807) is 0 Å². The van der Waals surface area contributed by atoms with Crippen molar-refractivity contribution in [1.29, 1.82) is 0 Å². The van der Waals surface area contributed by atoms with Crippen LogP contribution in [0.15, 0.2) is 170 Å². The quantitative estimate of drug-likeness (QED) is 0.181. The van der Waals surface area contributed by atoms with Crippen molar-refractivity contribution in [2.75, 3.05) is 0 Å². The van der Waals surface area contributed by atoms with E-state index in [9.17, 15) is 0 Å². The molecule has 0 radical (unpaired) electrons. The molecule has 0 bridgehead atoms. The average Bonchev–Trinajstić information content (AvgIpc) is 3.49. The highest BCUT2D eigenvalue weighted by Gasteiger charge is 2.26. The molecule has 0 fully saturated rings. The van der Waals surface area contributed by atoms with Gasteiger partial charge in [-0.3, -0.25) is 9.97 Å². The maximum Gasteiger partial charge on any atom is 0.0714 e. The van der Waals surface area contributed by atoms with Gasteiger partial charge in [-0.15, -0.1) is 0 Å². The standard InChI is InChI=1S/C48H28N2/c1-3-12-33-29(10-1)18-19-31-24-32(20-21-35(31)33)38-26-42(45-16-5-7-22-49-45)41-27-40-39(28-44(41)48(38)46-17-6-8-23-50-46)37-15-9-14-36-34-13-4-2-11-30(34)25-43(40)47(36)37/h1-28H. The minimum atomic E-state index is 0.956. The molecule has 11 rings (SSSR count). The Hall–Kier alpha value is -6.64. The molecule has 2 heteroatoms. The normalized spacial score (nSPS) is 12.0. The highest BCUT2D eigenvalue weighted by atomic mass is 14.7. The number of aromatic nitrogens is 2. The van der Waals surface area contributed by atoms with E-state index in [1.165, 1.54) is 76.1 Å². The van der Waals surface area contributed by atoms with Crippen molar-refractivity contribution < 1.29 is 0 Å². The van der Waals surface area contributed by atoms with E-state index in [0.717, 1.165) is 33.6 Å². The second kappa shape index (κ2) is 10.4. The van der Waals surface area contributed by atoms with E-state index in [2.05, 4.69) is 146 Å². The molecule has 1 aliphatic carbocycles. The predicted molar refractivity (Wildman–Crippen MR) is 210 cm³/mol. The van der Waals surface area contributed by atoms with Gasteiger partial charge >= 0.3 is 0 Å². The van der Waals surface area contributed by atoms with Crippen molar-refractivity contribution in [2.45, 2.75) is 0 Å². The van der Waals surface area contributed by atoms with E-state index in [-0.39, 0.29) is 0 Å². The van der Waals surface area contributed by atoms with Gasteiger partial charge in [0.25, 0.3) is 0 Å². The molecule has 2 nitrogen and oxygen atoms in total. The summed E-state index contributed by atoms with van der Waals surface area (Å²) in [5.41, 5.74) is 11.6. The fourth-order valence-electron chi connectivity index (χ4n) is 8.44. The summed E-state index contributed by atoms with van der Waals surface area (Å²) in [7, 11) is 0. The third-order valence-corrected chi connectivity index (χ3v) is 10.7. The molecule has 8 aromatic carbocycles. The van der Waals surface area contributed by atoms with Crippen LogP contribution in [-0.2, 0) is 0 Å². The summed E-state index contributed by atoms with van der Waals surface area (Å²) >= 11 is 0. The largest absolute Gasteiger partial charge is 0.256 e. The van der Waals surface area contributed by atoms with Crippen molar-refractivity contribution in [3.05, 3.63) is 170 Å². The number of hydrogen-bond donors (Lipinski definition) is 0. The van der Waals surface area contributed by atoms with Gasteiger partial charge in [-0.1, -0.05) is 103 Å². The minimum Gasteiger partial charge on any atom is -0.256 e. The predicted octanol–water partition coefficient (Wildman–Crippen LogP) is 12.9. The summed E-state index contributed by atoms with van der Waals surface area (Å²) in [6.45, 7) is 0. The van der Waals surface area contributed by atoms with E-state index in [1.807, 2.05) is 24.5 Å². The maximum atomic E-state index is 4.98. The first-order valence-corrected chi connectivity index (χ1v) is 17.1. The molecule has 1 aliphatic rings. The topological polar surface area (TPSA) is 25.8 Å². The van der Waals surface area contributed by atoms with Crippen LogP contribution in [0.5, 0.6) is 0 Å². The molecule has 0 aliphatic heterocycles. The molecule has 0 saturated heterocycles. The highest BCUT2D eigenvalue weighted by molar-refractivity contribution is 6.26. The van der Waals surface area contributed by atoms with Crippen molar-refractivity contribution in [3.63, 3.8) is 0 Å². The van der Waals surface area contributed by atoms with Crippen LogP contribution in [-0.4, -0.2) is 9.97 Å². The first-order valence-electron chi connectivity index (χ1n) is 17.1. The molecule has 50 heavy (non-hydrogen) atoms. The summed E-state index contributed by atoms with van der Waals surface area (Å²) in [6.07, 6.45) is 3.80. The lowest BCUT2D eigenvalue weighted by molar-refractivity contribution is 1.32. The van der Waals surface area contributed by atoms with Crippen LogP contribution in [0.2, 0.25) is 0 Å². The number of hydrogen-bond acceptors (Lipinski definition) is 2. The SMILES string of the molecule is c1ccc(-c2cc(-c3ccc4c(ccc5ccccc54)c3)c(-c3ccccn3)c3cc4c(cc23)-c2cc3ccccc3c3cccc-4c23)nc1. The van der Waals surface area contributed by atoms with Crippen LogP contribution in [0, 0.1) is 0 Å². The van der Waals surface area contributed by atoms with Gasteiger partial charge < -0.3 is 0 Å². The lowest BCUT2D eigenvalue weighted by atomic mass is 9.85. The smallest absolute Gasteiger partial charge is 0.0714 e. The Labute approximate surface area is 289 Å². The van der Waals surface area contributed by atoms with Crippen LogP contribution < -0.4 is 0 Å². The van der Waals surface area contributed by atoms with E-state index in [0.29, 0.717) is 0 Å². The zero-order valence-electron chi connectivity index (χ0n) is 27.1. The first-order chi connectivity index (χ1) is 24.8. The van der Waals surface area contributed by atoms with Crippen molar-refractivity contribution >= 4 is 53.9 Å². The molecule has 2 aromatic heterocycles. The van der Waals surface area contributed by atoms with E-state index < -0.39 is 0 Å². The lowest BCUT2D eigenvalue weighted by Crippen LogP contribution is -1.95. The summed E-state index contributed by atoms with van der Waals surface area (Å²) < 4.78 is 0. The number of nitrogens with zero attached hydrogens (tertiary/aromatic N) is 2. The van der Waals surface area contributed by atoms with Crippen LogP contribution in [0.25, 0.3) is 110 Å². The first kappa shape index (κ1) is 27.3. The van der Waals surface area contributed by atoms with Gasteiger partial charge in [-0.05, 0) is 142 Å². The summed E-state index contributed by atoms with van der Waals surface area (Å²) in [6, 6.07) is 57.5. The summed E-state index contributed by atoms with van der Waals surface area (Å²) in [4.78, 5) is 9.90. The molecular weight excluding hydrogens is 605 g/mol. The van der Waals surface area contributed by atoms with Crippen molar-refractivity contribution in [1.82, 2.24) is 9.97 Å². The van der Waals surface area contributed by atoms with Gasteiger partial charge in [0.2, 0.25) is 0 Å². The van der Waals surface area contributed by atoms with Crippen LogP contribution in [0.4, 0.5) is 0 Å². The number of pyridine rings is 2. The van der Waals surface area contributed by atoms with Gasteiger partial charge in [0.1, 0.15) is 0 Å². The zero-order chi connectivity index (χ0) is 32.8. The summed E-state index contributed by atoms with van der Waals surface area (Å²) in [5.74, 6) is 0. The van der Waals surface area contributed by atoms with Gasteiger partial charge in [0.15, 0.2) is 0 Å². The monoisotopic (exact) mass is 632 g/mol. The third-order valence-electron chi connectivity index (χ3n) is 10.7. The van der Waals surface area contributed by atoms with Crippen LogP contribution in [0.1, 0.15) is 0 Å². The Morgan fingerprint density at radius 3 is 1.76 bits per heavy atom. The lowest BCUT2D eigenvalue weighted by Gasteiger charge is -2.19. The van der Waals surface area contributed by atoms with Crippen LogP contribution in [0.3, 0.4) is 0 Å². The maximum absolute atomic E-state index is 4.98. The molecule has 2 heterocycles. The van der Waals surface area contributed by atoms with Crippen molar-refractivity contribution in [2.24, 2.45) is 0 Å². The minimum absolute atomic E-state index is 0.956. The molecule has 0 saturated carbocycles. The van der Waals surface area contributed by atoms with Gasteiger partial charge in [-0.2, -0.15) is 0 Å². The Bertz CT molecular complexity index is 3020. The van der Waals surface area contributed by atoms with Crippen molar-refractivity contribution in [3.8, 4) is 55.9 Å². The molecule has 230 valence electrons. The molecule has 0 amide bonds. The Kier molecular flexibility index (Phi) is 5.70. The third kappa shape index (κ3) is 3.90. The zero-order valence-corrected chi connectivity index (χ0v) is 27.1. The highest BCUT2D eigenvalue weighted by Crippen LogP contribution is 2.53. The Morgan fingerprint density at radius 2 is 0.940 bits per heavy atom. The van der Waals surface area contributed by atoms with E-state index >= 15 is 0 Å².